The molecule has 0 saturated heterocycles. The second-order valence-corrected chi connectivity index (χ2v) is 2.41. The third-order valence-corrected chi connectivity index (χ3v) is 1.47. The third kappa shape index (κ3) is 1.69. The Balaban J connectivity index is 3.14. The minimum Gasteiger partial charge on any atom is -0.399 e. The van der Waals surface area contributed by atoms with E-state index in [-0.39, 0.29) is 11.3 Å². The second-order valence-electron chi connectivity index (χ2n) is 2.41. The highest BCUT2D eigenvalue weighted by atomic mass is 19.4. The van der Waals surface area contributed by atoms with Gasteiger partial charge in [0, 0.05) is 5.69 Å². The molecule has 0 saturated carbocycles. The van der Waals surface area contributed by atoms with Crippen molar-refractivity contribution < 1.29 is 13.2 Å². The number of hydrogen-bond acceptors (Lipinski definition) is 1. The van der Waals surface area contributed by atoms with Crippen LogP contribution in [0.4, 0.5) is 18.9 Å². The molecule has 0 aliphatic heterocycles. The molecule has 0 heterocycles. The van der Waals surface area contributed by atoms with Crippen molar-refractivity contribution in [2.24, 2.45) is 0 Å². The van der Waals surface area contributed by atoms with E-state index in [2.05, 4.69) is 6.92 Å². The van der Waals surface area contributed by atoms with Crippen molar-refractivity contribution in [3.63, 3.8) is 0 Å². The number of halogens is 3. The van der Waals surface area contributed by atoms with E-state index in [1.807, 2.05) is 0 Å². The van der Waals surface area contributed by atoms with Gasteiger partial charge in [-0.05, 0) is 30.7 Å². The first kappa shape index (κ1) is 8.90. The van der Waals surface area contributed by atoms with Crippen LogP contribution in [0.5, 0.6) is 0 Å². The SMILES string of the molecule is [CH2]c1cc(C(F)(F)F)ccc1N. The number of rotatable bonds is 0. The van der Waals surface area contributed by atoms with Gasteiger partial charge >= 0.3 is 6.18 Å². The summed E-state index contributed by atoms with van der Waals surface area (Å²) in [6, 6.07) is 3.06. The Morgan fingerprint density at radius 2 is 1.83 bits per heavy atom. The first-order valence-electron chi connectivity index (χ1n) is 3.20. The van der Waals surface area contributed by atoms with Crippen LogP contribution in [0.1, 0.15) is 11.1 Å². The van der Waals surface area contributed by atoms with E-state index < -0.39 is 11.7 Å². The highest BCUT2D eigenvalue weighted by Gasteiger charge is 2.30. The zero-order chi connectivity index (χ0) is 9.35. The fourth-order valence-electron chi connectivity index (χ4n) is 0.782. The minimum atomic E-state index is -4.32. The molecule has 0 fully saturated rings. The molecule has 0 bridgehead atoms. The summed E-state index contributed by atoms with van der Waals surface area (Å²) >= 11 is 0. The van der Waals surface area contributed by atoms with E-state index in [9.17, 15) is 13.2 Å². The fourth-order valence-corrected chi connectivity index (χ4v) is 0.782. The number of alkyl halides is 3. The molecule has 0 spiro atoms. The highest BCUT2D eigenvalue weighted by molar-refractivity contribution is 5.50. The van der Waals surface area contributed by atoms with Gasteiger partial charge in [-0.15, -0.1) is 0 Å². The number of benzene rings is 1. The van der Waals surface area contributed by atoms with Gasteiger partial charge < -0.3 is 5.73 Å². The van der Waals surface area contributed by atoms with E-state index in [0.29, 0.717) is 0 Å². The van der Waals surface area contributed by atoms with Crippen LogP contribution in [0.3, 0.4) is 0 Å². The Morgan fingerprint density at radius 3 is 2.25 bits per heavy atom. The maximum atomic E-state index is 12.0. The van der Waals surface area contributed by atoms with E-state index in [1.165, 1.54) is 6.07 Å². The van der Waals surface area contributed by atoms with Crippen molar-refractivity contribution in [1.82, 2.24) is 0 Å². The summed E-state index contributed by atoms with van der Waals surface area (Å²) in [6.45, 7) is 3.37. The Labute approximate surface area is 68.0 Å². The minimum absolute atomic E-state index is 0.199. The topological polar surface area (TPSA) is 26.0 Å². The van der Waals surface area contributed by atoms with E-state index >= 15 is 0 Å². The van der Waals surface area contributed by atoms with Crippen LogP contribution >= 0.6 is 0 Å². The Kier molecular flexibility index (Phi) is 2.00. The van der Waals surface area contributed by atoms with Crippen molar-refractivity contribution >= 4 is 5.69 Å². The van der Waals surface area contributed by atoms with Crippen LogP contribution in [-0.2, 0) is 6.18 Å². The lowest BCUT2D eigenvalue weighted by Gasteiger charge is -2.07. The van der Waals surface area contributed by atoms with Crippen molar-refractivity contribution in [2.45, 2.75) is 6.18 Å². The lowest BCUT2D eigenvalue weighted by Crippen LogP contribution is -2.05. The second kappa shape index (κ2) is 2.69. The Morgan fingerprint density at radius 1 is 1.25 bits per heavy atom. The summed E-state index contributed by atoms with van der Waals surface area (Å²) in [5.41, 5.74) is 5.05. The molecule has 0 aliphatic rings. The summed E-state index contributed by atoms with van der Waals surface area (Å²) in [6.07, 6.45) is -4.32. The molecule has 1 aromatic carbocycles. The largest absolute Gasteiger partial charge is 0.416 e. The third-order valence-electron chi connectivity index (χ3n) is 1.47. The smallest absolute Gasteiger partial charge is 0.399 e. The number of anilines is 1. The summed E-state index contributed by atoms with van der Waals surface area (Å²) < 4.78 is 36.1. The zero-order valence-electron chi connectivity index (χ0n) is 6.15. The molecule has 1 radical (unpaired) electrons. The average Bonchev–Trinajstić information content (AvgIpc) is 1.92. The van der Waals surface area contributed by atoms with Gasteiger partial charge in [0.15, 0.2) is 0 Å². The molecule has 1 nitrogen and oxygen atoms in total. The van der Waals surface area contributed by atoms with Crippen molar-refractivity contribution in [2.75, 3.05) is 5.73 Å². The van der Waals surface area contributed by atoms with Gasteiger partial charge in [-0.3, -0.25) is 0 Å². The predicted octanol–water partition coefficient (Wildman–Crippen LogP) is 2.47. The average molecular weight is 174 g/mol. The standard InChI is InChI=1S/C8H7F3N/c1-5-4-6(8(9,10)11)2-3-7(5)12/h2-4H,1,12H2. The first-order chi connectivity index (χ1) is 5.41. The predicted molar refractivity (Wildman–Crippen MR) is 40.3 cm³/mol. The molecule has 0 atom stereocenters. The summed E-state index contributed by atoms with van der Waals surface area (Å²) in [5, 5.41) is 0. The van der Waals surface area contributed by atoms with Gasteiger partial charge in [-0.2, -0.15) is 13.2 Å². The van der Waals surface area contributed by atoms with Crippen molar-refractivity contribution in [3.8, 4) is 0 Å². The molecule has 1 rings (SSSR count). The molecule has 12 heavy (non-hydrogen) atoms. The van der Waals surface area contributed by atoms with Gasteiger partial charge in [0.25, 0.3) is 0 Å². The number of nitrogens with two attached hydrogens (primary N) is 1. The quantitative estimate of drug-likeness (QED) is 0.600. The van der Waals surface area contributed by atoms with Crippen LogP contribution in [0, 0.1) is 6.92 Å². The normalized spacial score (nSPS) is 11.7. The zero-order valence-corrected chi connectivity index (χ0v) is 6.15. The van der Waals surface area contributed by atoms with Crippen LogP contribution in [0.25, 0.3) is 0 Å². The van der Waals surface area contributed by atoms with Gasteiger partial charge in [0.1, 0.15) is 0 Å². The van der Waals surface area contributed by atoms with Crippen LogP contribution in [-0.4, -0.2) is 0 Å². The van der Waals surface area contributed by atoms with Crippen molar-refractivity contribution in [3.05, 3.63) is 36.2 Å². The van der Waals surface area contributed by atoms with Gasteiger partial charge in [0.2, 0.25) is 0 Å². The monoisotopic (exact) mass is 174 g/mol. The molecule has 65 valence electrons. The van der Waals surface area contributed by atoms with E-state index in [4.69, 9.17) is 5.73 Å². The number of nitrogen functional groups attached to an aromatic ring is 1. The maximum Gasteiger partial charge on any atom is 0.416 e. The molecular formula is C8H7F3N. The van der Waals surface area contributed by atoms with E-state index in [1.54, 1.807) is 0 Å². The molecular weight excluding hydrogens is 167 g/mol. The molecule has 1 aromatic rings. The van der Waals surface area contributed by atoms with Gasteiger partial charge in [-0.1, -0.05) is 0 Å². The molecule has 0 unspecified atom stereocenters. The van der Waals surface area contributed by atoms with Gasteiger partial charge in [-0.25, -0.2) is 0 Å². The summed E-state index contributed by atoms with van der Waals surface area (Å²) in [5.74, 6) is 0. The lowest BCUT2D eigenvalue weighted by atomic mass is 10.1. The molecule has 4 heteroatoms. The summed E-state index contributed by atoms with van der Waals surface area (Å²) in [4.78, 5) is 0. The lowest BCUT2D eigenvalue weighted by molar-refractivity contribution is -0.137. The molecule has 0 amide bonds. The Hall–Kier alpha value is -1.19. The molecule has 0 aromatic heterocycles. The fraction of sp³-hybridized carbons (Fsp3) is 0.125. The summed E-state index contributed by atoms with van der Waals surface area (Å²) in [7, 11) is 0. The Bertz CT molecular complexity index is 291. The highest BCUT2D eigenvalue weighted by Crippen LogP contribution is 2.30. The van der Waals surface area contributed by atoms with Crippen molar-refractivity contribution in [1.29, 1.82) is 0 Å². The van der Waals surface area contributed by atoms with Crippen LogP contribution < -0.4 is 5.73 Å². The number of hydrogen-bond donors (Lipinski definition) is 1. The first-order valence-corrected chi connectivity index (χ1v) is 3.20. The maximum absolute atomic E-state index is 12.0. The van der Waals surface area contributed by atoms with Crippen LogP contribution in [0.2, 0.25) is 0 Å². The van der Waals surface area contributed by atoms with E-state index in [0.717, 1.165) is 12.1 Å². The van der Waals surface area contributed by atoms with Gasteiger partial charge in [0.05, 0.1) is 5.56 Å². The van der Waals surface area contributed by atoms with Crippen LogP contribution in [0.15, 0.2) is 18.2 Å². The molecule has 2 N–H and O–H groups in total. The molecule has 0 aliphatic carbocycles.